The van der Waals surface area contributed by atoms with Gasteiger partial charge in [0.05, 0.1) is 6.26 Å². The molecule has 0 atom stereocenters. The average molecular weight is 416 g/mol. The van der Waals surface area contributed by atoms with Crippen LogP contribution in [0.25, 0.3) is 0 Å². The molecule has 0 saturated heterocycles. The molecular weight excluding hydrogens is 403 g/mol. The van der Waals surface area contributed by atoms with Gasteiger partial charge in [0.25, 0.3) is 5.91 Å². The van der Waals surface area contributed by atoms with Gasteiger partial charge in [0.2, 0.25) is 10.0 Å². The Hall–Kier alpha value is -1.61. The van der Waals surface area contributed by atoms with Crippen LogP contribution in [0.2, 0.25) is 0 Å². The third-order valence-corrected chi connectivity index (χ3v) is 3.88. The predicted octanol–water partition coefficient (Wildman–Crippen LogP) is 2.92. The molecule has 0 aliphatic carbocycles. The highest BCUT2D eigenvalue weighted by molar-refractivity contribution is 14.1. The summed E-state index contributed by atoms with van der Waals surface area (Å²) in [6, 6.07) is 13.7. The average Bonchev–Trinajstić information content (AvgIpc) is 2.40. The summed E-state index contributed by atoms with van der Waals surface area (Å²) in [4.78, 5) is 12.0. The van der Waals surface area contributed by atoms with E-state index in [2.05, 4.69) is 32.6 Å². The lowest BCUT2D eigenvalue weighted by Crippen LogP contribution is -2.13. The third-order valence-electron chi connectivity index (χ3n) is 2.55. The van der Waals surface area contributed by atoms with Crippen LogP contribution < -0.4 is 10.0 Å². The molecule has 0 aromatic heterocycles. The van der Waals surface area contributed by atoms with E-state index in [0.29, 0.717) is 16.9 Å². The minimum atomic E-state index is -3.31. The number of benzene rings is 2. The molecule has 2 rings (SSSR count). The Labute approximate surface area is 137 Å². The number of sulfonamides is 1. The SMILES string of the molecule is CS(=O)(=O)Nc1ccc(C(=O)Nc2ccc(I)cc2)cc1. The van der Waals surface area contributed by atoms with Crippen molar-refractivity contribution in [3.05, 3.63) is 57.7 Å². The van der Waals surface area contributed by atoms with E-state index in [9.17, 15) is 13.2 Å². The summed E-state index contributed by atoms with van der Waals surface area (Å²) in [5.74, 6) is -0.248. The van der Waals surface area contributed by atoms with Crippen LogP contribution in [0.5, 0.6) is 0 Å². The molecule has 2 aromatic carbocycles. The number of amides is 1. The topological polar surface area (TPSA) is 75.3 Å². The monoisotopic (exact) mass is 416 g/mol. The molecule has 7 heteroatoms. The van der Waals surface area contributed by atoms with Crippen molar-refractivity contribution < 1.29 is 13.2 Å². The standard InChI is InChI=1S/C14H13IN2O3S/c1-21(19,20)17-13-6-2-10(3-7-13)14(18)16-12-8-4-11(15)5-9-12/h2-9,17H,1H3,(H,16,18). The fourth-order valence-corrected chi connectivity index (χ4v) is 2.56. The van der Waals surface area contributed by atoms with E-state index in [-0.39, 0.29) is 5.91 Å². The summed E-state index contributed by atoms with van der Waals surface area (Å²) in [7, 11) is -3.31. The Bertz CT molecular complexity index is 741. The second-order valence-corrected chi connectivity index (χ2v) is 7.41. The maximum absolute atomic E-state index is 12.0. The second kappa shape index (κ2) is 6.44. The van der Waals surface area contributed by atoms with Gasteiger partial charge in [-0.1, -0.05) is 0 Å². The molecule has 0 saturated carbocycles. The first-order valence-corrected chi connectivity index (χ1v) is 8.95. The number of carbonyl (C=O) groups excluding carboxylic acids is 1. The van der Waals surface area contributed by atoms with Gasteiger partial charge in [-0.2, -0.15) is 0 Å². The summed E-state index contributed by atoms with van der Waals surface area (Å²) in [6.45, 7) is 0. The molecule has 0 heterocycles. The highest BCUT2D eigenvalue weighted by Crippen LogP contribution is 2.14. The van der Waals surface area contributed by atoms with Crippen LogP contribution in [-0.2, 0) is 10.0 Å². The fraction of sp³-hybridized carbons (Fsp3) is 0.0714. The number of hydrogen-bond donors (Lipinski definition) is 2. The molecule has 0 spiro atoms. The first-order valence-electron chi connectivity index (χ1n) is 5.98. The van der Waals surface area contributed by atoms with Gasteiger partial charge >= 0.3 is 0 Å². The van der Waals surface area contributed by atoms with Crippen molar-refractivity contribution in [2.45, 2.75) is 0 Å². The Morgan fingerprint density at radius 1 is 0.952 bits per heavy atom. The lowest BCUT2D eigenvalue weighted by molar-refractivity contribution is 0.102. The number of nitrogens with one attached hydrogen (secondary N) is 2. The van der Waals surface area contributed by atoms with Crippen LogP contribution in [-0.4, -0.2) is 20.6 Å². The van der Waals surface area contributed by atoms with E-state index in [1.807, 2.05) is 24.3 Å². The van der Waals surface area contributed by atoms with Crippen LogP contribution in [0.3, 0.4) is 0 Å². The molecule has 0 unspecified atom stereocenters. The smallest absolute Gasteiger partial charge is 0.255 e. The van der Waals surface area contributed by atoms with E-state index in [1.54, 1.807) is 24.3 Å². The van der Waals surface area contributed by atoms with Crippen LogP contribution in [0.1, 0.15) is 10.4 Å². The summed E-state index contributed by atoms with van der Waals surface area (Å²) in [6.07, 6.45) is 1.07. The van der Waals surface area contributed by atoms with Gasteiger partial charge in [-0.3, -0.25) is 9.52 Å². The van der Waals surface area contributed by atoms with E-state index in [1.165, 1.54) is 0 Å². The van der Waals surface area contributed by atoms with Crippen LogP contribution >= 0.6 is 22.6 Å². The zero-order valence-corrected chi connectivity index (χ0v) is 14.1. The third kappa shape index (κ3) is 5.01. The van der Waals surface area contributed by atoms with E-state index < -0.39 is 10.0 Å². The molecule has 2 N–H and O–H groups in total. The highest BCUT2D eigenvalue weighted by Gasteiger charge is 2.07. The van der Waals surface area contributed by atoms with Crippen molar-refractivity contribution in [1.82, 2.24) is 0 Å². The van der Waals surface area contributed by atoms with E-state index >= 15 is 0 Å². The van der Waals surface area contributed by atoms with Crippen molar-refractivity contribution in [3.63, 3.8) is 0 Å². The molecule has 1 amide bonds. The molecule has 110 valence electrons. The summed E-state index contributed by atoms with van der Waals surface area (Å²) < 4.78 is 25.6. The van der Waals surface area contributed by atoms with Gasteiger partial charge in [0, 0.05) is 20.5 Å². The number of rotatable bonds is 4. The molecule has 0 bridgehead atoms. The Morgan fingerprint density at radius 2 is 1.48 bits per heavy atom. The molecule has 0 fully saturated rings. The first kappa shape index (κ1) is 15.8. The molecule has 21 heavy (non-hydrogen) atoms. The normalized spacial score (nSPS) is 11.0. The maximum atomic E-state index is 12.0. The van der Waals surface area contributed by atoms with Gasteiger partial charge in [-0.05, 0) is 71.1 Å². The highest BCUT2D eigenvalue weighted by atomic mass is 127. The van der Waals surface area contributed by atoms with Gasteiger partial charge in [-0.25, -0.2) is 8.42 Å². The number of halogens is 1. The number of hydrogen-bond acceptors (Lipinski definition) is 3. The van der Waals surface area contributed by atoms with Crippen LogP contribution in [0.15, 0.2) is 48.5 Å². The van der Waals surface area contributed by atoms with E-state index in [0.717, 1.165) is 9.83 Å². The second-order valence-electron chi connectivity index (χ2n) is 4.41. The fourth-order valence-electron chi connectivity index (χ4n) is 1.64. The Kier molecular flexibility index (Phi) is 4.84. The minimum absolute atomic E-state index is 0.248. The van der Waals surface area contributed by atoms with Crippen LogP contribution in [0, 0.1) is 3.57 Å². The minimum Gasteiger partial charge on any atom is -0.322 e. The Balaban J connectivity index is 2.08. The number of anilines is 2. The molecule has 0 radical (unpaired) electrons. The van der Waals surface area contributed by atoms with Gasteiger partial charge in [0.1, 0.15) is 0 Å². The molecule has 0 aliphatic rings. The lowest BCUT2D eigenvalue weighted by Gasteiger charge is -2.07. The van der Waals surface area contributed by atoms with Gasteiger partial charge in [-0.15, -0.1) is 0 Å². The maximum Gasteiger partial charge on any atom is 0.255 e. The molecule has 0 aliphatic heterocycles. The number of carbonyl (C=O) groups is 1. The van der Waals surface area contributed by atoms with Crippen molar-refractivity contribution in [2.24, 2.45) is 0 Å². The molecule has 5 nitrogen and oxygen atoms in total. The summed E-state index contributed by atoms with van der Waals surface area (Å²) >= 11 is 2.19. The summed E-state index contributed by atoms with van der Waals surface area (Å²) in [5, 5.41) is 2.77. The van der Waals surface area contributed by atoms with Gasteiger partial charge < -0.3 is 5.32 Å². The van der Waals surface area contributed by atoms with E-state index in [4.69, 9.17) is 0 Å². The predicted molar refractivity (Wildman–Crippen MR) is 92.0 cm³/mol. The quantitative estimate of drug-likeness (QED) is 0.753. The molecule has 2 aromatic rings. The van der Waals surface area contributed by atoms with Gasteiger partial charge in [0.15, 0.2) is 0 Å². The molecular formula is C14H13IN2O3S. The zero-order valence-electron chi connectivity index (χ0n) is 11.1. The van der Waals surface area contributed by atoms with Crippen molar-refractivity contribution >= 4 is 49.9 Å². The van der Waals surface area contributed by atoms with Crippen molar-refractivity contribution in [2.75, 3.05) is 16.3 Å². The Morgan fingerprint density at radius 3 is 2.00 bits per heavy atom. The lowest BCUT2D eigenvalue weighted by atomic mass is 10.2. The van der Waals surface area contributed by atoms with Crippen molar-refractivity contribution in [3.8, 4) is 0 Å². The van der Waals surface area contributed by atoms with Crippen LogP contribution in [0.4, 0.5) is 11.4 Å². The first-order chi connectivity index (χ1) is 9.83. The largest absolute Gasteiger partial charge is 0.322 e. The summed E-state index contributed by atoms with van der Waals surface area (Å²) in [5.41, 5.74) is 1.58. The van der Waals surface area contributed by atoms with Crippen molar-refractivity contribution in [1.29, 1.82) is 0 Å². The zero-order chi connectivity index (χ0) is 15.5.